The summed E-state index contributed by atoms with van der Waals surface area (Å²) in [7, 11) is -2.60. The highest BCUT2D eigenvalue weighted by molar-refractivity contribution is 6.99. The largest absolute Gasteiger partial charge is 0.465 e. The van der Waals surface area contributed by atoms with Crippen LogP contribution in [0.2, 0.25) is 5.04 Å². The Morgan fingerprint density at radius 3 is 1.85 bits per heavy atom. The van der Waals surface area contributed by atoms with E-state index in [1.807, 2.05) is 12.1 Å². The van der Waals surface area contributed by atoms with Crippen molar-refractivity contribution in [2.75, 3.05) is 6.61 Å². The minimum absolute atomic E-state index is 0.102. The fraction of sp³-hybridized carbons (Fsp3) is 0.381. The van der Waals surface area contributed by atoms with E-state index in [9.17, 15) is 4.79 Å². The molecule has 2 N–H and O–H groups in total. The minimum atomic E-state index is -2.60. The Morgan fingerprint density at radius 2 is 1.50 bits per heavy atom. The van der Waals surface area contributed by atoms with Crippen LogP contribution in [-0.4, -0.2) is 31.7 Å². The number of hydrogen-bond donors (Lipinski definition) is 2. The highest BCUT2D eigenvalue weighted by Crippen LogP contribution is 2.41. The van der Waals surface area contributed by atoms with Gasteiger partial charge in [0.1, 0.15) is 0 Å². The van der Waals surface area contributed by atoms with E-state index in [0.717, 1.165) is 12.8 Å². The molecular formula is C21H27NO3Si. The van der Waals surface area contributed by atoms with Gasteiger partial charge in [-0.15, -0.1) is 0 Å². The van der Waals surface area contributed by atoms with Gasteiger partial charge < -0.3 is 14.8 Å². The number of amides is 1. The summed E-state index contributed by atoms with van der Waals surface area (Å²) < 4.78 is 6.81. The molecule has 5 heteroatoms. The zero-order valence-electron chi connectivity index (χ0n) is 15.7. The lowest BCUT2D eigenvalue weighted by Gasteiger charge is -2.43. The van der Waals surface area contributed by atoms with Crippen LogP contribution in [0, 0.1) is 0 Å². The average molecular weight is 370 g/mol. The van der Waals surface area contributed by atoms with Crippen LogP contribution >= 0.6 is 0 Å². The second-order valence-electron chi connectivity index (χ2n) is 8.16. The van der Waals surface area contributed by atoms with E-state index in [-0.39, 0.29) is 5.04 Å². The van der Waals surface area contributed by atoms with Crippen molar-refractivity contribution in [3.05, 3.63) is 60.7 Å². The topological polar surface area (TPSA) is 58.6 Å². The third kappa shape index (κ3) is 3.55. The molecule has 1 fully saturated rings. The van der Waals surface area contributed by atoms with Gasteiger partial charge in [-0.3, -0.25) is 0 Å². The molecule has 4 nitrogen and oxygen atoms in total. The maximum Gasteiger partial charge on any atom is 0.405 e. The summed E-state index contributed by atoms with van der Waals surface area (Å²) in [6.45, 7) is 7.09. The molecule has 0 aromatic heterocycles. The zero-order valence-corrected chi connectivity index (χ0v) is 16.7. The molecule has 2 aromatic rings. The molecule has 0 bridgehead atoms. The van der Waals surface area contributed by atoms with Gasteiger partial charge in [-0.2, -0.15) is 0 Å². The quantitative estimate of drug-likeness (QED) is 0.768. The molecule has 0 aliphatic heterocycles. The summed E-state index contributed by atoms with van der Waals surface area (Å²) >= 11 is 0. The van der Waals surface area contributed by atoms with E-state index in [2.05, 4.69) is 74.6 Å². The molecule has 0 unspecified atom stereocenters. The highest BCUT2D eigenvalue weighted by atomic mass is 28.4. The van der Waals surface area contributed by atoms with Crippen molar-refractivity contribution in [3.63, 3.8) is 0 Å². The van der Waals surface area contributed by atoms with Gasteiger partial charge in [0, 0.05) is 0 Å². The molecule has 0 spiro atoms. The van der Waals surface area contributed by atoms with Gasteiger partial charge in [0.05, 0.1) is 12.1 Å². The first-order chi connectivity index (χ1) is 12.3. The Labute approximate surface area is 156 Å². The summed E-state index contributed by atoms with van der Waals surface area (Å²) in [4.78, 5) is 11.2. The molecule has 3 rings (SSSR count). The molecule has 1 aliphatic carbocycles. The van der Waals surface area contributed by atoms with E-state index < -0.39 is 19.9 Å². The summed E-state index contributed by atoms with van der Waals surface area (Å²) in [5, 5.41) is 14.2. The van der Waals surface area contributed by atoms with Crippen LogP contribution < -0.4 is 15.7 Å². The molecule has 138 valence electrons. The van der Waals surface area contributed by atoms with Gasteiger partial charge in [0.15, 0.2) is 0 Å². The van der Waals surface area contributed by atoms with Crippen molar-refractivity contribution in [2.45, 2.75) is 44.2 Å². The third-order valence-electron chi connectivity index (χ3n) is 5.21. The highest BCUT2D eigenvalue weighted by Gasteiger charge is 2.53. The van der Waals surface area contributed by atoms with Crippen molar-refractivity contribution >= 4 is 24.8 Å². The molecule has 1 aliphatic rings. The number of benzene rings is 2. The normalized spacial score (nSPS) is 16.1. The maximum absolute atomic E-state index is 11.2. The molecular weight excluding hydrogens is 342 g/mol. The summed E-state index contributed by atoms with van der Waals surface area (Å²) in [6, 6.07) is 20.8. The molecule has 0 heterocycles. The maximum atomic E-state index is 11.2. The first-order valence-electron chi connectivity index (χ1n) is 9.05. The van der Waals surface area contributed by atoms with Crippen LogP contribution in [0.3, 0.4) is 0 Å². The SMILES string of the molecule is CC(C)(C)[Si](OCC1(NC(=O)O)CC1)(c1ccccc1)c1ccccc1. The van der Waals surface area contributed by atoms with Gasteiger partial charge in [-0.05, 0) is 28.3 Å². The first-order valence-corrected chi connectivity index (χ1v) is 11.0. The van der Waals surface area contributed by atoms with Crippen molar-refractivity contribution < 1.29 is 14.3 Å². The standard InChI is InChI=1S/C21H27NO3Si/c1-20(2,3)26(17-10-6-4-7-11-17,18-12-8-5-9-13-18)25-16-21(14-15-21)22-19(23)24/h4-13,22H,14-16H2,1-3H3,(H,23,24). The Balaban J connectivity index is 2.05. The second-order valence-corrected chi connectivity index (χ2v) is 12.5. The van der Waals surface area contributed by atoms with Gasteiger partial charge in [-0.1, -0.05) is 81.4 Å². The first kappa shape index (κ1) is 18.7. The van der Waals surface area contributed by atoms with Crippen LogP contribution in [-0.2, 0) is 4.43 Å². The summed E-state index contributed by atoms with van der Waals surface area (Å²) in [6.07, 6.45) is 0.684. The van der Waals surface area contributed by atoms with Crippen LogP contribution in [0.15, 0.2) is 60.7 Å². The lowest BCUT2D eigenvalue weighted by Crippen LogP contribution is -2.67. The average Bonchev–Trinajstić information content (AvgIpc) is 3.35. The lowest BCUT2D eigenvalue weighted by molar-refractivity contribution is 0.175. The van der Waals surface area contributed by atoms with Crippen LogP contribution in [0.5, 0.6) is 0 Å². The molecule has 1 saturated carbocycles. The third-order valence-corrected chi connectivity index (χ3v) is 10.2. The van der Waals surface area contributed by atoms with E-state index in [4.69, 9.17) is 9.53 Å². The van der Waals surface area contributed by atoms with Crippen LogP contribution in [0.4, 0.5) is 4.79 Å². The van der Waals surface area contributed by atoms with Crippen LogP contribution in [0.25, 0.3) is 0 Å². The predicted molar refractivity (Wildman–Crippen MR) is 107 cm³/mol. The van der Waals surface area contributed by atoms with Gasteiger partial charge >= 0.3 is 6.09 Å². The molecule has 1 amide bonds. The lowest BCUT2D eigenvalue weighted by atomic mass is 10.2. The number of carboxylic acid groups (broad SMARTS) is 1. The fourth-order valence-electron chi connectivity index (χ4n) is 3.69. The van der Waals surface area contributed by atoms with Gasteiger partial charge in [0.25, 0.3) is 8.32 Å². The van der Waals surface area contributed by atoms with E-state index in [1.165, 1.54) is 10.4 Å². The molecule has 26 heavy (non-hydrogen) atoms. The predicted octanol–water partition coefficient (Wildman–Crippen LogP) is 3.36. The minimum Gasteiger partial charge on any atom is -0.465 e. The van der Waals surface area contributed by atoms with Crippen molar-refractivity contribution in [3.8, 4) is 0 Å². The van der Waals surface area contributed by atoms with Gasteiger partial charge in [0.2, 0.25) is 0 Å². The van der Waals surface area contributed by atoms with E-state index in [0.29, 0.717) is 6.61 Å². The van der Waals surface area contributed by atoms with Crippen molar-refractivity contribution in [1.82, 2.24) is 5.32 Å². The van der Waals surface area contributed by atoms with Gasteiger partial charge in [-0.25, -0.2) is 4.79 Å². The van der Waals surface area contributed by atoms with E-state index >= 15 is 0 Å². The molecule has 0 saturated heterocycles. The number of rotatable bonds is 6. The zero-order chi connectivity index (χ0) is 18.8. The molecule has 0 atom stereocenters. The summed E-state index contributed by atoms with van der Waals surface area (Å²) in [5.41, 5.74) is -0.432. The number of nitrogens with one attached hydrogen (secondary N) is 1. The Kier molecular flexibility index (Phi) is 4.95. The molecule has 2 aromatic carbocycles. The Hall–Kier alpha value is -2.11. The van der Waals surface area contributed by atoms with Crippen LogP contribution in [0.1, 0.15) is 33.6 Å². The van der Waals surface area contributed by atoms with Crippen molar-refractivity contribution in [1.29, 1.82) is 0 Å². The Morgan fingerprint density at radius 1 is 1.04 bits per heavy atom. The van der Waals surface area contributed by atoms with E-state index in [1.54, 1.807) is 0 Å². The summed E-state index contributed by atoms with van der Waals surface area (Å²) in [5.74, 6) is 0. The molecule has 0 radical (unpaired) electrons. The Bertz CT molecular complexity index is 712. The smallest absolute Gasteiger partial charge is 0.405 e. The number of carbonyl (C=O) groups is 1. The second kappa shape index (κ2) is 6.89. The monoisotopic (exact) mass is 369 g/mol. The fourth-order valence-corrected chi connectivity index (χ4v) is 8.34. The van der Waals surface area contributed by atoms with Crippen molar-refractivity contribution in [2.24, 2.45) is 0 Å². The number of hydrogen-bond acceptors (Lipinski definition) is 2.